The molecule has 2 aromatic rings. The van der Waals surface area contributed by atoms with Gasteiger partial charge in [0.25, 0.3) is 0 Å². The van der Waals surface area contributed by atoms with Crippen LogP contribution in [0.15, 0.2) is 24.5 Å². The third-order valence-corrected chi connectivity index (χ3v) is 3.93. The molecule has 0 bridgehead atoms. The van der Waals surface area contributed by atoms with Crippen LogP contribution in [0.1, 0.15) is 13.8 Å². The van der Waals surface area contributed by atoms with Crippen molar-refractivity contribution in [1.29, 1.82) is 0 Å². The number of aromatic amines is 1. The SMILES string of the molecule is CC(C)(Cn1c(-c2cccnc2)n[nH]c1=S)NS(C)(=O)=O. The molecule has 2 aromatic heterocycles. The van der Waals surface area contributed by atoms with Crippen molar-refractivity contribution in [2.45, 2.75) is 25.9 Å². The number of H-pyrrole nitrogens is 1. The Balaban J connectivity index is 2.38. The second kappa shape index (κ2) is 5.66. The molecule has 0 aliphatic rings. The van der Waals surface area contributed by atoms with Crippen LogP contribution in [0, 0.1) is 4.77 Å². The molecule has 0 amide bonds. The Kier molecular flexibility index (Phi) is 4.26. The van der Waals surface area contributed by atoms with Crippen LogP contribution < -0.4 is 4.72 Å². The highest BCUT2D eigenvalue weighted by molar-refractivity contribution is 7.88. The zero-order chi connectivity index (χ0) is 15.7. The van der Waals surface area contributed by atoms with E-state index >= 15 is 0 Å². The molecule has 0 unspecified atom stereocenters. The van der Waals surface area contributed by atoms with Crippen LogP contribution in [0.4, 0.5) is 0 Å². The number of hydrogen-bond donors (Lipinski definition) is 2. The van der Waals surface area contributed by atoms with Crippen LogP contribution in [-0.2, 0) is 16.6 Å². The molecule has 2 rings (SSSR count). The van der Waals surface area contributed by atoms with Crippen LogP contribution in [0.2, 0.25) is 0 Å². The number of sulfonamides is 1. The smallest absolute Gasteiger partial charge is 0.209 e. The van der Waals surface area contributed by atoms with Gasteiger partial charge in [0, 0.05) is 30.0 Å². The Morgan fingerprint density at radius 3 is 2.76 bits per heavy atom. The lowest BCUT2D eigenvalue weighted by Crippen LogP contribution is -2.46. The normalized spacial score (nSPS) is 12.5. The first kappa shape index (κ1) is 15.8. The Hall–Kier alpha value is -1.58. The lowest BCUT2D eigenvalue weighted by atomic mass is 10.1. The predicted octanol–water partition coefficient (Wildman–Crippen LogP) is 1.33. The highest BCUT2D eigenvalue weighted by atomic mass is 32.2. The van der Waals surface area contributed by atoms with Gasteiger partial charge in [-0.15, -0.1) is 0 Å². The lowest BCUT2D eigenvalue weighted by Gasteiger charge is -2.25. The van der Waals surface area contributed by atoms with Crippen molar-refractivity contribution < 1.29 is 8.42 Å². The Morgan fingerprint density at radius 2 is 2.19 bits per heavy atom. The van der Waals surface area contributed by atoms with E-state index in [1.165, 1.54) is 0 Å². The average Bonchev–Trinajstić information content (AvgIpc) is 2.68. The van der Waals surface area contributed by atoms with Gasteiger partial charge in [-0.1, -0.05) is 0 Å². The van der Waals surface area contributed by atoms with Crippen molar-refractivity contribution in [2.75, 3.05) is 6.26 Å². The fourth-order valence-electron chi connectivity index (χ4n) is 2.11. The fourth-order valence-corrected chi connectivity index (χ4v) is 3.37. The summed E-state index contributed by atoms with van der Waals surface area (Å²) in [6.07, 6.45) is 4.48. The second-order valence-corrected chi connectivity index (χ2v) is 7.57. The number of hydrogen-bond acceptors (Lipinski definition) is 5. The van der Waals surface area contributed by atoms with E-state index in [9.17, 15) is 8.42 Å². The molecule has 0 saturated carbocycles. The summed E-state index contributed by atoms with van der Waals surface area (Å²) in [4.78, 5) is 4.05. The molecule has 0 atom stereocenters. The Morgan fingerprint density at radius 1 is 1.48 bits per heavy atom. The van der Waals surface area contributed by atoms with E-state index in [0.717, 1.165) is 11.8 Å². The van der Waals surface area contributed by atoms with E-state index in [2.05, 4.69) is 19.9 Å². The van der Waals surface area contributed by atoms with Gasteiger partial charge in [-0.3, -0.25) is 14.6 Å². The highest BCUT2D eigenvalue weighted by Crippen LogP contribution is 2.18. The Labute approximate surface area is 128 Å². The summed E-state index contributed by atoms with van der Waals surface area (Å²) in [6, 6.07) is 3.67. The van der Waals surface area contributed by atoms with Crippen LogP contribution in [0.25, 0.3) is 11.4 Å². The standard InChI is InChI=1S/C12H17N5O2S2/c1-12(2,16-21(3,18)19)8-17-10(14-15-11(17)20)9-5-4-6-13-7-9/h4-7,16H,8H2,1-3H3,(H,15,20). The monoisotopic (exact) mass is 327 g/mol. The molecule has 0 spiro atoms. The van der Waals surface area contributed by atoms with Gasteiger partial charge in [-0.25, -0.2) is 13.1 Å². The number of nitrogens with zero attached hydrogens (tertiary/aromatic N) is 3. The molecule has 9 heteroatoms. The van der Waals surface area contributed by atoms with Crippen LogP contribution >= 0.6 is 12.2 Å². The summed E-state index contributed by atoms with van der Waals surface area (Å²) in [6.45, 7) is 3.92. The van der Waals surface area contributed by atoms with Crippen molar-refractivity contribution >= 4 is 22.2 Å². The average molecular weight is 327 g/mol. The first-order chi connectivity index (χ1) is 9.68. The molecule has 0 saturated heterocycles. The zero-order valence-electron chi connectivity index (χ0n) is 12.0. The van der Waals surface area contributed by atoms with Crippen LogP contribution in [0.5, 0.6) is 0 Å². The molecule has 2 heterocycles. The summed E-state index contributed by atoms with van der Waals surface area (Å²) >= 11 is 5.23. The van der Waals surface area contributed by atoms with Crippen molar-refractivity contribution in [2.24, 2.45) is 0 Å². The van der Waals surface area contributed by atoms with Gasteiger partial charge in [-0.05, 0) is 38.2 Å². The van der Waals surface area contributed by atoms with Gasteiger partial charge in [-0.2, -0.15) is 5.10 Å². The second-order valence-electron chi connectivity index (χ2n) is 5.44. The third-order valence-electron chi connectivity index (χ3n) is 2.69. The van der Waals surface area contributed by atoms with E-state index in [4.69, 9.17) is 12.2 Å². The topological polar surface area (TPSA) is 92.7 Å². The van der Waals surface area contributed by atoms with Crippen molar-refractivity contribution in [3.8, 4) is 11.4 Å². The number of pyridine rings is 1. The van der Waals surface area contributed by atoms with Crippen LogP contribution in [0.3, 0.4) is 0 Å². The maximum Gasteiger partial charge on any atom is 0.209 e. The van der Waals surface area contributed by atoms with E-state index in [1.807, 2.05) is 6.07 Å². The molecule has 0 radical (unpaired) electrons. The Bertz CT molecular complexity index is 777. The number of rotatable bonds is 5. The minimum Gasteiger partial charge on any atom is -0.298 e. The first-order valence-corrected chi connectivity index (χ1v) is 8.52. The quantitative estimate of drug-likeness (QED) is 0.808. The molecular formula is C12H17N5O2S2. The maximum absolute atomic E-state index is 11.4. The summed E-state index contributed by atoms with van der Waals surface area (Å²) in [5, 5.41) is 6.93. The van der Waals surface area contributed by atoms with Gasteiger partial charge in [0.05, 0.1) is 6.26 Å². The van der Waals surface area contributed by atoms with Gasteiger partial charge in [0.1, 0.15) is 0 Å². The van der Waals surface area contributed by atoms with E-state index < -0.39 is 15.6 Å². The first-order valence-electron chi connectivity index (χ1n) is 6.22. The number of nitrogens with one attached hydrogen (secondary N) is 2. The maximum atomic E-state index is 11.4. The lowest BCUT2D eigenvalue weighted by molar-refractivity contribution is 0.390. The minimum atomic E-state index is -3.32. The van der Waals surface area contributed by atoms with Gasteiger partial charge in [0.2, 0.25) is 10.0 Å². The molecule has 0 aliphatic heterocycles. The highest BCUT2D eigenvalue weighted by Gasteiger charge is 2.25. The van der Waals surface area contributed by atoms with Crippen molar-refractivity contribution in [3.63, 3.8) is 0 Å². The minimum absolute atomic E-state index is 0.347. The van der Waals surface area contributed by atoms with Gasteiger partial charge in [0.15, 0.2) is 10.6 Å². The van der Waals surface area contributed by atoms with Crippen LogP contribution in [-0.4, -0.2) is 40.0 Å². The van der Waals surface area contributed by atoms with E-state index in [-0.39, 0.29) is 0 Å². The molecule has 2 N–H and O–H groups in total. The third kappa shape index (κ3) is 4.19. The predicted molar refractivity (Wildman–Crippen MR) is 82.7 cm³/mol. The molecule has 0 fully saturated rings. The van der Waals surface area contributed by atoms with Crippen molar-refractivity contribution in [3.05, 3.63) is 29.3 Å². The van der Waals surface area contributed by atoms with E-state index in [1.54, 1.807) is 36.9 Å². The molecule has 7 nitrogen and oxygen atoms in total. The van der Waals surface area contributed by atoms with Gasteiger partial charge >= 0.3 is 0 Å². The molecular weight excluding hydrogens is 310 g/mol. The summed E-state index contributed by atoms with van der Waals surface area (Å²) in [7, 11) is -3.32. The summed E-state index contributed by atoms with van der Waals surface area (Å²) < 4.78 is 27.6. The van der Waals surface area contributed by atoms with Crippen molar-refractivity contribution in [1.82, 2.24) is 24.5 Å². The summed E-state index contributed by atoms with van der Waals surface area (Å²) in [5.74, 6) is 0.622. The zero-order valence-corrected chi connectivity index (χ0v) is 13.6. The number of aromatic nitrogens is 4. The molecule has 0 aliphatic carbocycles. The summed E-state index contributed by atoms with van der Waals surface area (Å²) in [5.41, 5.74) is 0.104. The van der Waals surface area contributed by atoms with Gasteiger partial charge < -0.3 is 0 Å². The van der Waals surface area contributed by atoms with E-state index in [0.29, 0.717) is 17.1 Å². The fraction of sp³-hybridized carbons (Fsp3) is 0.417. The largest absolute Gasteiger partial charge is 0.298 e. The molecule has 0 aromatic carbocycles. The molecule has 114 valence electrons. The molecule has 21 heavy (non-hydrogen) atoms.